The molecule has 4 rings (SSSR count). The molecule has 0 aliphatic rings. The van der Waals surface area contributed by atoms with Gasteiger partial charge in [-0.3, -0.25) is 0 Å². The fraction of sp³-hybridized carbons (Fsp3) is 0.227. The van der Waals surface area contributed by atoms with E-state index >= 15 is 0 Å². The van der Waals surface area contributed by atoms with E-state index in [0.717, 1.165) is 90.4 Å². The number of benzene rings is 4. The molecule has 6 nitrogen and oxygen atoms in total. The summed E-state index contributed by atoms with van der Waals surface area (Å²) in [4.78, 5) is 22.5. The summed E-state index contributed by atoms with van der Waals surface area (Å²) in [6.45, 7) is 19.7. The SMILES string of the molecule is C=CC(=O)OCCOc1c(C)cc(C#Cc2ccc(-c3ccc(C#Cc4cc(C)c(OCCOC(=O)C=C)c(C)c4)cc3C)c(C)c2)cc1C. The summed E-state index contributed by atoms with van der Waals surface area (Å²) in [6.07, 6.45) is 2.27. The summed E-state index contributed by atoms with van der Waals surface area (Å²) >= 11 is 0. The molecule has 0 heterocycles. The molecule has 0 bridgehead atoms. The van der Waals surface area contributed by atoms with Gasteiger partial charge in [0.25, 0.3) is 0 Å². The average Bonchev–Trinajstić information content (AvgIpc) is 3.08. The molecule has 0 unspecified atom stereocenters. The first kappa shape index (κ1) is 36.8. The van der Waals surface area contributed by atoms with Crippen LogP contribution < -0.4 is 9.47 Å². The van der Waals surface area contributed by atoms with Crippen LogP contribution in [0.3, 0.4) is 0 Å². The van der Waals surface area contributed by atoms with Gasteiger partial charge in [0.05, 0.1) is 0 Å². The van der Waals surface area contributed by atoms with Crippen molar-refractivity contribution in [3.63, 3.8) is 0 Å². The van der Waals surface area contributed by atoms with Crippen LogP contribution in [0, 0.1) is 65.2 Å². The zero-order valence-corrected chi connectivity index (χ0v) is 29.6. The number of carbonyl (C=O) groups excluding carboxylic acids is 2. The Hall–Kier alpha value is -5.98. The van der Waals surface area contributed by atoms with E-state index in [0.29, 0.717) is 0 Å². The molecule has 254 valence electrons. The third-order valence-electron chi connectivity index (χ3n) is 7.85. The molecular formula is C44H42O6. The van der Waals surface area contributed by atoms with E-state index in [2.05, 4.69) is 87.1 Å². The van der Waals surface area contributed by atoms with Crippen LogP contribution in [0.25, 0.3) is 11.1 Å². The third-order valence-corrected chi connectivity index (χ3v) is 7.85. The van der Waals surface area contributed by atoms with Gasteiger partial charge in [0, 0.05) is 34.4 Å². The van der Waals surface area contributed by atoms with Crippen molar-refractivity contribution in [3.8, 4) is 46.3 Å². The average molecular weight is 667 g/mol. The molecule has 4 aromatic carbocycles. The zero-order valence-electron chi connectivity index (χ0n) is 29.6. The van der Waals surface area contributed by atoms with Crippen molar-refractivity contribution in [2.75, 3.05) is 26.4 Å². The van der Waals surface area contributed by atoms with E-state index in [1.165, 1.54) is 0 Å². The first-order valence-electron chi connectivity index (χ1n) is 16.3. The maximum atomic E-state index is 11.2. The lowest BCUT2D eigenvalue weighted by Gasteiger charge is -2.13. The predicted molar refractivity (Wildman–Crippen MR) is 198 cm³/mol. The molecule has 0 aliphatic heterocycles. The van der Waals surface area contributed by atoms with Crippen molar-refractivity contribution in [1.29, 1.82) is 0 Å². The molecule has 0 amide bonds. The Morgan fingerprint density at radius 1 is 0.500 bits per heavy atom. The van der Waals surface area contributed by atoms with E-state index in [1.807, 2.05) is 52.0 Å². The van der Waals surface area contributed by atoms with Crippen LogP contribution in [-0.4, -0.2) is 38.4 Å². The number of aryl methyl sites for hydroxylation is 6. The van der Waals surface area contributed by atoms with E-state index in [-0.39, 0.29) is 26.4 Å². The smallest absolute Gasteiger partial charge is 0.330 e. The summed E-state index contributed by atoms with van der Waals surface area (Å²) in [6, 6.07) is 20.6. The molecule has 0 spiro atoms. The van der Waals surface area contributed by atoms with Crippen LogP contribution in [0.4, 0.5) is 0 Å². The second-order valence-corrected chi connectivity index (χ2v) is 11.9. The van der Waals surface area contributed by atoms with Crippen LogP contribution in [0.2, 0.25) is 0 Å². The topological polar surface area (TPSA) is 71.1 Å². The van der Waals surface area contributed by atoms with E-state index in [1.54, 1.807) is 0 Å². The van der Waals surface area contributed by atoms with E-state index in [9.17, 15) is 9.59 Å². The molecule has 50 heavy (non-hydrogen) atoms. The van der Waals surface area contributed by atoms with Gasteiger partial charge in [0.2, 0.25) is 0 Å². The maximum Gasteiger partial charge on any atom is 0.330 e. The van der Waals surface area contributed by atoms with Gasteiger partial charge >= 0.3 is 11.9 Å². The number of ether oxygens (including phenoxy) is 4. The van der Waals surface area contributed by atoms with Crippen LogP contribution in [-0.2, 0) is 19.1 Å². The van der Waals surface area contributed by atoms with Crippen molar-refractivity contribution in [1.82, 2.24) is 0 Å². The van der Waals surface area contributed by atoms with Gasteiger partial charge < -0.3 is 18.9 Å². The molecule has 0 saturated heterocycles. The zero-order chi connectivity index (χ0) is 36.2. The molecule has 0 saturated carbocycles. The van der Waals surface area contributed by atoms with Gasteiger partial charge in [0.1, 0.15) is 37.9 Å². The van der Waals surface area contributed by atoms with E-state index < -0.39 is 11.9 Å². The van der Waals surface area contributed by atoms with Crippen molar-refractivity contribution in [2.24, 2.45) is 0 Å². The van der Waals surface area contributed by atoms with Gasteiger partial charge in [-0.25, -0.2) is 9.59 Å². The second-order valence-electron chi connectivity index (χ2n) is 11.9. The largest absolute Gasteiger partial charge is 0.489 e. The lowest BCUT2D eigenvalue weighted by Crippen LogP contribution is -2.11. The summed E-state index contributed by atoms with van der Waals surface area (Å²) in [5, 5.41) is 0. The normalized spacial score (nSPS) is 10.1. The Kier molecular flexibility index (Phi) is 12.8. The predicted octanol–water partition coefficient (Wildman–Crippen LogP) is 8.22. The van der Waals surface area contributed by atoms with Crippen LogP contribution in [0.15, 0.2) is 86.0 Å². The minimum absolute atomic E-state index is 0.158. The molecule has 0 radical (unpaired) electrons. The summed E-state index contributed by atoms with van der Waals surface area (Å²) in [5.74, 6) is 13.8. The van der Waals surface area contributed by atoms with Gasteiger partial charge in [-0.05, 0) is 135 Å². The van der Waals surface area contributed by atoms with Crippen molar-refractivity contribution in [2.45, 2.75) is 41.5 Å². The Morgan fingerprint density at radius 2 is 0.820 bits per heavy atom. The minimum atomic E-state index is -0.466. The Labute approximate surface area is 295 Å². The highest BCUT2D eigenvalue weighted by atomic mass is 16.6. The highest BCUT2D eigenvalue weighted by Crippen LogP contribution is 2.29. The van der Waals surface area contributed by atoms with Crippen LogP contribution >= 0.6 is 0 Å². The van der Waals surface area contributed by atoms with Gasteiger partial charge in [-0.1, -0.05) is 49.0 Å². The number of esters is 2. The van der Waals surface area contributed by atoms with Gasteiger partial charge in [-0.2, -0.15) is 0 Å². The Bertz CT molecular complexity index is 1870. The van der Waals surface area contributed by atoms with Gasteiger partial charge in [-0.15, -0.1) is 0 Å². The van der Waals surface area contributed by atoms with E-state index in [4.69, 9.17) is 18.9 Å². The van der Waals surface area contributed by atoms with Crippen molar-refractivity contribution >= 4 is 11.9 Å². The summed E-state index contributed by atoms with van der Waals surface area (Å²) in [7, 11) is 0. The number of hydrogen-bond acceptors (Lipinski definition) is 6. The Morgan fingerprint density at radius 3 is 1.14 bits per heavy atom. The van der Waals surface area contributed by atoms with Crippen LogP contribution in [0.1, 0.15) is 55.6 Å². The Balaban J connectivity index is 1.42. The van der Waals surface area contributed by atoms with Crippen molar-refractivity contribution < 1.29 is 28.5 Å². The quantitative estimate of drug-likeness (QED) is 0.0696. The fourth-order valence-corrected chi connectivity index (χ4v) is 5.57. The first-order chi connectivity index (χ1) is 24.0. The molecule has 0 atom stereocenters. The highest BCUT2D eigenvalue weighted by Gasteiger charge is 2.10. The van der Waals surface area contributed by atoms with Crippen molar-refractivity contribution in [3.05, 3.63) is 142 Å². The number of hydrogen-bond donors (Lipinski definition) is 0. The second kappa shape index (κ2) is 17.4. The molecule has 0 aliphatic carbocycles. The minimum Gasteiger partial charge on any atom is -0.489 e. The standard InChI is InChI=1S/C44H42O6/c1-9-41(45)47-19-21-49-43-31(5)25-37(26-32(43)6)13-11-35-15-17-39(29(3)23-35)40-18-16-36(24-30(40)4)12-14-38-27-33(7)44(34(8)28-38)50-22-20-48-42(46)10-2/h9-10,15-18,23-28H,1-2,19-22H2,3-8H3. The fourth-order valence-electron chi connectivity index (χ4n) is 5.57. The summed E-state index contributed by atoms with van der Waals surface area (Å²) in [5.41, 5.74) is 12.1. The first-order valence-corrected chi connectivity index (χ1v) is 16.3. The lowest BCUT2D eigenvalue weighted by atomic mass is 9.94. The third kappa shape index (κ3) is 10.0. The lowest BCUT2D eigenvalue weighted by molar-refractivity contribution is -0.139. The number of carbonyl (C=O) groups is 2. The molecular weight excluding hydrogens is 624 g/mol. The highest BCUT2D eigenvalue weighted by molar-refractivity contribution is 5.81. The molecule has 0 N–H and O–H groups in total. The summed E-state index contributed by atoms with van der Waals surface area (Å²) < 4.78 is 21.7. The molecule has 4 aromatic rings. The maximum absolute atomic E-state index is 11.2. The molecule has 0 fully saturated rings. The van der Waals surface area contributed by atoms with Gasteiger partial charge in [0.15, 0.2) is 0 Å². The molecule has 0 aromatic heterocycles. The monoisotopic (exact) mass is 666 g/mol. The number of rotatable bonds is 11. The van der Waals surface area contributed by atoms with Crippen LogP contribution in [0.5, 0.6) is 11.5 Å². The molecule has 6 heteroatoms.